The van der Waals surface area contributed by atoms with Crippen LogP contribution in [0.3, 0.4) is 0 Å². The van der Waals surface area contributed by atoms with Gasteiger partial charge in [-0.15, -0.1) is 0 Å². The quantitative estimate of drug-likeness (QED) is 0.313. The third-order valence-corrected chi connectivity index (χ3v) is 3.37. The van der Waals surface area contributed by atoms with E-state index in [1.165, 1.54) is 18.2 Å². The van der Waals surface area contributed by atoms with Gasteiger partial charge >= 0.3 is 5.97 Å². The second-order valence-corrected chi connectivity index (χ2v) is 4.97. The van der Waals surface area contributed by atoms with Gasteiger partial charge in [0.1, 0.15) is 0 Å². The van der Waals surface area contributed by atoms with Crippen LogP contribution in [0.5, 0.6) is 0 Å². The van der Waals surface area contributed by atoms with Gasteiger partial charge in [0.15, 0.2) is 0 Å². The highest BCUT2D eigenvalue weighted by Gasteiger charge is 2.13. The van der Waals surface area contributed by atoms with E-state index in [2.05, 4.69) is 11.9 Å². The fourth-order valence-electron chi connectivity index (χ4n) is 2.11. The number of hydrogen-bond donors (Lipinski definition) is 3. The number of rotatable bonds is 7. The highest BCUT2D eigenvalue weighted by molar-refractivity contribution is 6.16. The molecule has 0 saturated carbocycles. The highest BCUT2D eigenvalue weighted by atomic mass is 16.6. The zero-order valence-electron chi connectivity index (χ0n) is 12.7. The molecule has 0 bridgehead atoms. The number of carbonyl (C=O) groups is 1. The average molecular weight is 325 g/mol. The normalized spacial score (nSPS) is 10.0. The van der Waals surface area contributed by atoms with Crippen LogP contribution in [0.25, 0.3) is 5.57 Å². The van der Waals surface area contributed by atoms with Gasteiger partial charge in [0.05, 0.1) is 22.8 Å². The molecule has 0 fully saturated rings. The second-order valence-electron chi connectivity index (χ2n) is 4.97. The fraction of sp³-hybridized carbons (Fsp3) is 0.0588. The molecule has 0 aliphatic heterocycles. The minimum absolute atomic E-state index is 0.0556. The summed E-state index contributed by atoms with van der Waals surface area (Å²) >= 11 is 0. The van der Waals surface area contributed by atoms with Crippen molar-refractivity contribution in [3.63, 3.8) is 0 Å². The van der Waals surface area contributed by atoms with Crippen LogP contribution < -0.4 is 5.32 Å². The molecule has 3 N–H and O–H groups in total. The van der Waals surface area contributed by atoms with Gasteiger partial charge in [-0.25, -0.2) is 4.79 Å². The van der Waals surface area contributed by atoms with E-state index in [1.54, 1.807) is 30.3 Å². The topological polar surface area (TPSA) is 116 Å². The maximum atomic E-state index is 11.1. The molecule has 0 heterocycles. The third-order valence-electron chi connectivity index (χ3n) is 3.37. The lowest BCUT2D eigenvalue weighted by molar-refractivity contribution is -0.384. The Kier molecular flexibility index (Phi) is 5.06. The molecule has 0 aromatic heterocycles. The fourth-order valence-corrected chi connectivity index (χ4v) is 2.11. The van der Waals surface area contributed by atoms with E-state index in [1.807, 2.05) is 0 Å². The molecule has 122 valence electrons. The molecule has 0 amide bonds. The molecule has 7 heteroatoms. The summed E-state index contributed by atoms with van der Waals surface area (Å²) in [6.07, 6.45) is 0. The lowest BCUT2D eigenvalue weighted by Gasteiger charge is -2.12. The van der Waals surface area contributed by atoms with Gasteiger partial charge in [-0.1, -0.05) is 36.9 Å². The minimum atomic E-state index is -1.13. The molecule has 0 aliphatic carbocycles. The van der Waals surface area contributed by atoms with Crippen LogP contribution in [-0.4, -0.2) is 28.3 Å². The Morgan fingerprint density at radius 1 is 1.25 bits per heavy atom. The molecule has 7 nitrogen and oxygen atoms in total. The second kappa shape index (κ2) is 7.19. The van der Waals surface area contributed by atoms with E-state index < -0.39 is 10.9 Å². The van der Waals surface area contributed by atoms with Crippen molar-refractivity contribution in [1.29, 1.82) is 5.41 Å². The molecule has 24 heavy (non-hydrogen) atoms. The van der Waals surface area contributed by atoms with Crippen LogP contribution >= 0.6 is 0 Å². The summed E-state index contributed by atoms with van der Waals surface area (Å²) in [6, 6.07) is 12.5. The van der Waals surface area contributed by atoms with Gasteiger partial charge in [0, 0.05) is 28.9 Å². The third kappa shape index (κ3) is 3.83. The molecular formula is C17H15N3O4. The van der Waals surface area contributed by atoms with E-state index in [-0.39, 0.29) is 23.5 Å². The van der Waals surface area contributed by atoms with Gasteiger partial charge in [0.2, 0.25) is 0 Å². The monoisotopic (exact) mass is 325 g/mol. The number of para-hydroxylation sites is 1. The number of hydrogen-bond acceptors (Lipinski definition) is 5. The Balaban J connectivity index is 2.15. The van der Waals surface area contributed by atoms with Crippen molar-refractivity contribution in [2.24, 2.45) is 0 Å². The van der Waals surface area contributed by atoms with Crippen LogP contribution in [0.4, 0.5) is 11.4 Å². The van der Waals surface area contributed by atoms with E-state index in [9.17, 15) is 14.9 Å². The molecule has 0 unspecified atom stereocenters. The van der Waals surface area contributed by atoms with Gasteiger partial charge in [0.25, 0.3) is 5.69 Å². The van der Waals surface area contributed by atoms with E-state index in [0.29, 0.717) is 16.8 Å². The number of nitro groups is 1. The predicted molar refractivity (Wildman–Crippen MR) is 91.5 cm³/mol. The van der Waals surface area contributed by atoms with Crippen LogP contribution in [0.2, 0.25) is 0 Å². The molecule has 0 saturated heterocycles. The van der Waals surface area contributed by atoms with Crippen molar-refractivity contribution in [3.05, 3.63) is 76.4 Å². The smallest absolute Gasteiger partial charge is 0.335 e. The Hall–Kier alpha value is -3.48. The van der Waals surface area contributed by atoms with Gasteiger partial charge in [-0.3, -0.25) is 10.1 Å². The Morgan fingerprint density at radius 3 is 2.62 bits per heavy atom. The summed E-state index contributed by atoms with van der Waals surface area (Å²) in [7, 11) is 0. The largest absolute Gasteiger partial charge is 0.478 e. The molecular weight excluding hydrogens is 310 g/mol. The first-order valence-corrected chi connectivity index (χ1v) is 6.98. The molecule has 0 spiro atoms. The number of nitrogens with zero attached hydrogens (tertiary/aromatic N) is 1. The molecule has 2 aromatic rings. The lowest BCUT2D eigenvalue weighted by Crippen LogP contribution is -2.15. The predicted octanol–water partition coefficient (Wildman–Crippen LogP) is 3.17. The number of anilines is 1. The first-order valence-electron chi connectivity index (χ1n) is 6.98. The number of nitrogens with one attached hydrogen (secondary N) is 2. The summed E-state index contributed by atoms with van der Waals surface area (Å²) in [4.78, 5) is 21.4. The van der Waals surface area contributed by atoms with Crippen molar-refractivity contribution in [3.8, 4) is 0 Å². The Morgan fingerprint density at radius 2 is 1.96 bits per heavy atom. The first-order chi connectivity index (χ1) is 11.4. The standard InChI is InChI=1S/C17H15N3O4/c1-11(17(21)22)14-7-2-3-8-16(14)19-10-15(18)12-5-4-6-13(9-12)20(23)24/h2-9,18-19H,1,10H2,(H,21,22). The van der Waals surface area contributed by atoms with E-state index in [4.69, 9.17) is 10.5 Å². The van der Waals surface area contributed by atoms with E-state index in [0.717, 1.165) is 0 Å². The zero-order valence-corrected chi connectivity index (χ0v) is 12.7. The van der Waals surface area contributed by atoms with Gasteiger partial charge in [-0.05, 0) is 6.07 Å². The van der Waals surface area contributed by atoms with Crippen LogP contribution in [-0.2, 0) is 4.79 Å². The number of aliphatic carboxylic acids is 1. The van der Waals surface area contributed by atoms with Crippen LogP contribution in [0.1, 0.15) is 11.1 Å². The van der Waals surface area contributed by atoms with Crippen molar-refractivity contribution in [2.75, 3.05) is 11.9 Å². The highest BCUT2D eigenvalue weighted by Crippen LogP contribution is 2.23. The summed E-state index contributed by atoms with van der Waals surface area (Å²) in [5.74, 6) is -1.13. The van der Waals surface area contributed by atoms with E-state index >= 15 is 0 Å². The van der Waals surface area contributed by atoms with Crippen molar-refractivity contribution < 1.29 is 14.8 Å². The van der Waals surface area contributed by atoms with Crippen molar-refractivity contribution in [2.45, 2.75) is 0 Å². The lowest BCUT2D eigenvalue weighted by atomic mass is 10.0. The van der Waals surface area contributed by atoms with Crippen molar-refractivity contribution >= 4 is 28.6 Å². The number of carboxylic acid groups (broad SMARTS) is 1. The molecule has 0 aliphatic rings. The number of benzene rings is 2. The summed E-state index contributed by atoms with van der Waals surface area (Å²) in [5, 5.41) is 30.9. The summed E-state index contributed by atoms with van der Waals surface area (Å²) in [5.41, 5.74) is 1.38. The van der Waals surface area contributed by atoms with Crippen molar-refractivity contribution in [1.82, 2.24) is 0 Å². The Bertz CT molecular complexity index is 830. The molecule has 2 rings (SSSR count). The first kappa shape index (κ1) is 16.9. The number of non-ortho nitro benzene ring substituents is 1. The van der Waals surface area contributed by atoms with Crippen LogP contribution in [0.15, 0.2) is 55.1 Å². The SMILES string of the molecule is C=C(C(=O)O)c1ccccc1NCC(=N)c1cccc([N+](=O)[O-])c1. The summed E-state index contributed by atoms with van der Waals surface area (Å²) < 4.78 is 0. The number of nitro benzene ring substituents is 1. The zero-order chi connectivity index (χ0) is 17.7. The minimum Gasteiger partial charge on any atom is -0.478 e. The van der Waals surface area contributed by atoms with Gasteiger partial charge in [-0.2, -0.15) is 0 Å². The Labute approximate surface area is 137 Å². The molecule has 0 radical (unpaired) electrons. The molecule has 0 atom stereocenters. The summed E-state index contributed by atoms with van der Waals surface area (Å²) in [6.45, 7) is 3.62. The van der Waals surface area contributed by atoms with Crippen LogP contribution in [0, 0.1) is 15.5 Å². The maximum absolute atomic E-state index is 11.1. The average Bonchev–Trinajstić information content (AvgIpc) is 2.59. The van der Waals surface area contributed by atoms with Gasteiger partial charge < -0.3 is 15.8 Å². The number of carboxylic acids is 1. The molecule has 2 aromatic carbocycles. The maximum Gasteiger partial charge on any atom is 0.335 e.